The Morgan fingerprint density at radius 1 is 1.38 bits per heavy atom. The lowest BCUT2D eigenvalue weighted by Gasteiger charge is -2.15. The van der Waals surface area contributed by atoms with Gasteiger partial charge in [0, 0.05) is 25.5 Å². The zero-order valence-electron chi connectivity index (χ0n) is 11.3. The number of aromatic nitrogens is 3. The third-order valence-corrected chi connectivity index (χ3v) is 3.32. The number of imidazole rings is 1. The molecular formula is C13H13F2N5O. The molecule has 2 aromatic heterocycles. The van der Waals surface area contributed by atoms with E-state index < -0.39 is 6.43 Å². The third kappa shape index (κ3) is 2.44. The van der Waals surface area contributed by atoms with E-state index in [0.29, 0.717) is 30.3 Å². The maximum Gasteiger partial charge on any atom is 0.328 e. The number of hydrogen-bond donors (Lipinski definition) is 1. The Hall–Kier alpha value is -2.51. The zero-order valence-corrected chi connectivity index (χ0v) is 11.3. The Morgan fingerprint density at radius 2 is 2.19 bits per heavy atom. The molecule has 2 aromatic rings. The first-order valence-corrected chi connectivity index (χ1v) is 6.40. The van der Waals surface area contributed by atoms with Crippen molar-refractivity contribution < 1.29 is 13.6 Å². The Bertz CT molecular complexity index is 685. The Labute approximate surface area is 119 Å². The molecule has 0 atom stereocenters. The van der Waals surface area contributed by atoms with Gasteiger partial charge in [0.05, 0.1) is 11.9 Å². The molecule has 0 saturated carbocycles. The summed E-state index contributed by atoms with van der Waals surface area (Å²) in [5.41, 5.74) is 0.447. The predicted molar refractivity (Wildman–Crippen MR) is 72.5 cm³/mol. The predicted octanol–water partition coefficient (Wildman–Crippen LogP) is 2.58. The van der Waals surface area contributed by atoms with Gasteiger partial charge in [-0.2, -0.15) is 0 Å². The molecule has 1 aliphatic heterocycles. The fraction of sp³-hybridized carbons (Fsp3) is 0.308. The third-order valence-electron chi connectivity index (χ3n) is 3.32. The largest absolute Gasteiger partial charge is 0.328 e. The molecule has 0 unspecified atom stereocenters. The van der Waals surface area contributed by atoms with Crippen molar-refractivity contribution >= 4 is 17.7 Å². The first-order valence-electron chi connectivity index (χ1n) is 6.40. The molecular weight excluding hydrogens is 280 g/mol. The molecule has 8 heteroatoms. The quantitative estimate of drug-likeness (QED) is 0.925. The number of amides is 2. The minimum Gasteiger partial charge on any atom is -0.315 e. The standard InChI is InChI=1S/C13H13F2N5O/c1-8-6-9(7-17-10(8)11(14)15)18-13(21)20-5-4-19-3-2-16-12(19)20/h2-3,6-7,11H,4-5H2,1H3,(H,18,21). The highest BCUT2D eigenvalue weighted by atomic mass is 19.3. The number of carbonyl (C=O) groups excluding carboxylic acids is 1. The monoisotopic (exact) mass is 293 g/mol. The summed E-state index contributed by atoms with van der Waals surface area (Å²) in [6.07, 6.45) is 2.03. The molecule has 1 aliphatic rings. The van der Waals surface area contributed by atoms with Gasteiger partial charge in [-0.25, -0.2) is 18.6 Å². The van der Waals surface area contributed by atoms with Crippen LogP contribution < -0.4 is 10.2 Å². The van der Waals surface area contributed by atoms with Crippen LogP contribution in [0.15, 0.2) is 24.7 Å². The second-order valence-electron chi connectivity index (χ2n) is 4.73. The van der Waals surface area contributed by atoms with Gasteiger partial charge in [-0.3, -0.25) is 9.88 Å². The number of anilines is 2. The van der Waals surface area contributed by atoms with E-state index in [4.69, 9.17) is 0 Å². The molecule has 2 amide bonds. The number of nitrogens with one attached hydrogen (secondary N) is 1. The minimum absolute atomic E-state index is 0.273. The van der Waals surface area contributed by atoms with Crippen LogP contribution in [-0.4, -0.2) is 27.1 Å². The molecule has 0 aromatic carbocycles. The van der Waals surface area contributed by atoms with Crippen molar-refractivity contribution in [3.8, 4) is 0 Å². The Balaban J connectivity index is 1.75. The summed E-state index contributed by atoms with van der Waals surface area (Å²) in [5, 5.41) is 2.65. The van der Waals surface area contributed by atoms with Crippen LogP contribution in [0.5, 0.6) is 0 Å². The number of urea groups is 1. The maximum atomic E-state index is 12.6. The van der Waals surface area contributed by atoms with Crippen LogP contribution in [-0.2, 0) is 6.54 Å². The average molecular weight is 293 g/mol. The summed E-state index contributed by atoms with van der Waals surface area (Å²) in [6.45, 7) is 2.74. The number of rotatable bonds is 2. The molecule has 0 bridgehead atoms. The molecule has 3 heterocycles. The highest BCUT2D eigenvalue weighted by Gasteiger charge is 2.26. The summed E-state index contributed by atoms with van der Waals surface area (Å²) in [4.78, 5) is 21.5. The van der Waals surface area contributed by atoms with E-state index in [1.165, 1.54) is 24.1 Å². The number of hydrogen-bond acceptors (Lipinski definition) is 3. The summed E-state index contributed by atoms with van der Waals surface area (Å²) in [6, 6.07) is 1.13. The summed E-state index contributed by atoms with van der Waals surface area (Å²) >= 11 is 0. The number of aryl methyl sites for hydroxylation is 1. The number of nitrogens with zero attached hydrogens (tertiary/aromatic N) is 4. The smallest absolute Gasteiger partial charge is 0.315 e. The van der Waals surface area contributed by atoms with Gasteiger partial charge in [-0.05, 0) is 18.6 Å². The molecule has 3 rings (SSSR count). The zero-order chi connectivity index (χ0) is 15.0. The van der Waals surface area contributed by atoms with Gasteiger partial charge in [-0.15, -0.1) is 0 Å². The van der Waals surface area contributed by atoms with Crippen molar-refractivity contribution in [2.75, 3.05) is 16.8 Å². The lowest BCUT2D eigenvalue weighted by Crippen LogP contribution is -2.33. The van der Waals surface area contributed by atoms with Crippen LogP contribution in [0.4, 0.5) is 25.2 Å². The van der Waals surface area contributed by atoms with Gasteiger partial charge in [0.15, 0.2) is 0 Å². The average Bonchev–Trinajstić information content (AvgIpc) is 3.00. The first-order chi connectivity index (χ1) is 10.1. The Morgan fingerprint density at radius 3 is 2.90 bits per heavy atom. The Kier molecular flexibility index (Phi) is 3.28. The van der Waals surface area contributed by atoms with Crippen LogP contribution in [0.3, 0.4) is 0 Å². The fourth-order valence-corrected chi connectivity index (χ4v) is 2.29. The number of alkyl halides is 2. The number of pyridine rings is 1. The SMILES string of the molecule is Cc1cc(NC(=O)N2CCn3ccnc32)cnc1C(F)F. The normalized spacial score (nSPS) is 13.6. The molecule has 21 heavy (non-hydrogen) atoms. The second kappa shape index (κ2) is 5.12. The van der Waals surface area contributed by atoms with Gasteiger partial charge in [0.25, 0.3) is 6.43 Å². The van der Waals surface area contributed by atoms with Crippen LogP contribution in [0, 0.1) is 6.92 Å². The summed E-state index contributed by atoms with van der Waals surface area (Å²) in [5.74, 6) is 0.571. The minimum atomic E-state index is -2.62. The van der Waals surface area contributed by atoms with E-state index in [0.717, 1.165) is 0 Å². The van der Waals surface area contributed by atoms with Crippen LogP contribution in [0.25, 0.3) is 0 Å². The lowest BCUT2D eigenvalue weighted by molar-refractivity contribution is 0.145. The molecule has 1 N–H and O–H groups in total. The van der Waals surface area contributed by atoms with Crippen LogP contribution in [0.2, 0.25) is 0 Å². The second-order valence-corrected chi connectivity index (χ2v) is 4.73. The van der Waals surface area contributed by atoms with E-state index >= 15 is 0 Å². The molecule has 0 fully saturated rings. The highest BCUT2D eigenvalue weighted by Crippen LogP contribution is 2.23. The number of fused-ring (bicyclic) bond motifs is 1. The van der Waals surface area contributed by atoms with Gasteiger partial charge >= 0.3 is 6.03 Å². The van der Waals surface area contributed by atoms with Gasteiger partial charge < -0.3 is 9.88 Å². The van der Waals surface area contributed by atoms with Crippen molar-refractivity contribution in [2.45, 2.75) is 19.9 Å². The van der Waals surface area contributed by atoms with Crippen molar-refractivity contribution in [1.82, 2.24) is 14.5 Å². The lowest BCUT2D eigenvalue weighted by atomic mass is 10.2. The van der Waals surface area contributed by atoms with Crippen LogP contribution >= 0.6 is 0 Å². The topological polar surface area (TPSA) is 63.1 Å². The van der Waals surface area contributed by atoms with Gasteiger partial charge in [0.2, 0.25) is 5.95 Å². The first kappa shape index (κ1) is 13.5. The molecule has 0 radical (unpaired) electrons. The number of carbonyl (C=O) groups is 1. The van der Waals surface area contributed by atoms with E-state index in [1.807, 2.05) is 4.57 Å². The van der Waals surface area contributed by atoms with Crippen molar-refractivity contribution in [3.63, 3.8) is 0 Å². The van der Waals surface area contributed by atoms with Gasteiger partial charge in [-0.1, -0.05) is 0 Å². The van der Waals surface area contributed by atoms with E-state index in [9.17, 15) is 13.6 Å². The van der Waals surface area contributed by atoms with Crippen LogP contribution in [0.1, 0.15) is 17.7 Å². The summed E-state index contributed by atoms with van der Waals surface area (Å²) < 4.78 is 27.1. The highest BCUT2D eigenvalue weighted by molar-refractivity contribution is 6.01. The summed E-state index contributed by atoms with van der Waals surface area (Å²) in [7, 11) is 0. The molecule has 0 saturated heterocycles. The van der Waals surface area contributed by atoms with Crippen molar-refractivity contribution in [2.24, 2.45) is 0 Å². The molecule has 0 aliphatic carbocycles. The molecule has 6 nitrogen and oxygen atoms in total. The number of halogens is 2. The van der Waals surface area contributed by atoms with E-state index in [2.05, 4.69) is 15.3 Å². The fourth-order valence-electron chi connectivity index (χ4n) is 2.29. The molecule has 0 spiro atoms. The van der Waals surface area contributed by atoms with Crippen molar-refractivity contribution in [1.29, 1.82) is 0 Å². The van der Waals surface area contributed by atoms with E-state index in [1.54, 1.807) is 12.4 Å². The maximum absolute atomic E-state index is 12.6. The molecule has 110 valence electrons. The van der Waals surface area contributed by atoms with Gasteiger partial charge in [0.1, 0.15) is 5.69 Å². The van der Waals surface area contributed by atoms with Crippen molar-refractivity contribution in [3.05, 3.63) is 35.9 Å². The van der Waals surface area contributed by atoms with E-state index in [-0.39, 0.29) is 11.7 Å².